The predicted molar refractivity (Wildman–Crippen MR) is 69.8 cm³/mol. The Labute approximate surface area is 111 Å². The molecule has 1 unspecified atom stereocenters. The van der Waals surface area contributed by atoms with Gasteiger partial charge in [-0.1, -0.05) is 12.1 Å². The third kappa shape index (κ3) is 3.44. The zero-order valence-electron chi connectivity index (χ0n) is 10.4. The van der Waals surface area contributed by atoms with Gasteiger partial charge in [-0.05, 0) is 36.8 Å². The Morgan fingerprint density at radius 2 is 2.11 bits per heavy atom. The van der Waals surface area contributed by atoms with E-state index in [9.17, 15) is 13.5 Å². The van der Waals surface area contributed by atoms with Crippen LogP contribution in [0.15, 0.2) is 52.0 Å². The van der Waals surface area contributed by atoms with E-state index in [1.807, 2.05) is 0 Å². The predicted octanol–water partition coefficient (Wildman–Crippen LogP) is 1.81. The molecule has 0 aliphatic carbocycles. The Morgan fingerprint density at radius 1 is 1.32 bits per heavy atom. The number of benzene rings is 1. The Bertz CT molecular complexity index is 632. The molecule has 0 saturated heterocycles. The van der Waals surface area contributed by atoms with Crippen LogP contribution in [0.4, 0.5) is 0 Å². The van der Waals surface area contributed by atoms with Crippen LogP contribution in [-0.2, 0) is 16.6 Å². The van der Waals surface area contributed by atoms with Gasteiger partial charge in [0.05, 0.1) is 23.8 Å². The average Bonchev–Trinajstić information content (AvgIpc) is 2.90. The van der Waals surface area contributed by atoms with Crippen molar-refractivity contribution < 1.29 is 17.9 Å². The lowest BCUT2D eigenvalue weighted by Gasteiger charge is -2.09. The summed E-state index contributed by atoms with van der Waals surface area (Å²) in [6.07, 6.45) is 0.776. The number of nitrogens with one attached hydrogen (secondary N) is 1. The number of furan rings is 1. The first-order chi connectivity index (χ1) is 8.99. The number of aliphatic hydroxyl groups excluding tert-OH is 1. The average molecular weight is 281 g/mol. The Morgan fingerprint density at radius 3 is 2.74 bits per heavy atom. The molecule has 5 nitrogen and oxygen atoms in total. The molecule has 19 heavy (non-hydrogen) atoms. The molecular weight excluding hydrogens is 266 g/mol. The fourth-order valence-corrected chi connectivity index (χ4v) is 2.65. The molecule has 2 rings (SSSR count). The summed E-state index contributed by atoms with van der Waals surface area (Å²) < 4.78 is 31.6. The Kier molecular flexibility index (Phi) is 4.04. The van der Waals surface area contributed by atoms with Crippen LogP contribution < -0.4 is 4.72 Å². The Balaban J connectivity index is 2.17. The van der Waals surface area contributed by atoms with Crippen LogP contribution in [0.1, 0.15) is 24.4 Å². The highest BCUT2D eigenvalue weighted by atomic mass is 32.2. The van der Waals surface area contributed by atoms with Gasteiger partial charge in [-0.15, -0.1) is 0 Å². The van der Waals surface area contributed by atoms with Crippen molar-refractivity contribution in [1.29, 1.82) is 0 Å². The van der Waals surface area contributed by atoms with E-state index in [0.29, 0.717) is 11.3 Å². The minimum atomic E-state index is -3.61. The molecule has 0 amide bonds. The lowest BCUT2D eigenvalue weighted by molar-refractivity contribution is 0.199. The fraction of sp³-hybridized carbons (Fsp3) is 0.231. The van der Waals surface area contributed by atoms with Crippen molar-refractivity contribution in [2.24, 2.45) is 0 Å². The van der Waals surface area contributed by atoms with Crippen molar-refractivity contribution in [2.45, 2.75) is 24.5 Å². The molecule has 2 aromatic rings. The normalized spacial score (nSPS) is 13.4. The van der Waals surface area contributed by atoms with Crippen molar-refractivity contribution in [1.82, 2.24) is 4.72 Å². The van der Waals surface area contributed by atoms with E-state index in [4.69, 9.17) is 4.42 Å². The van der Waals surface area contributed by atoms with Crippen LogP contribution in [0.2, 0.25) is 0 Å². The van der Waals surface area contributed by atoms with Gasteiger partial charge in [0.1, 0.15) is 5.76 Å². The van der Waals surface area contributed by atoms with Crippen molar-refractivity contribution >= 4 is 10.0 Å². The van der Waals surface area contributed by atoms with Gasteiger partial charge in [0, 0.05) is 0 Å². The fourth-order valence-electron chi connectivity index (χ4n) is 1.60. The van der Waals surface area contributed by atoms with E-state index in [0.717, 1.165) is 0 Å². The molecule has 0 spiro atoms. The van der Waals surface area contributed by atoms with Gasteiger partial charge in [-0.2, -0.15) is 0 Å². The molecule has 0 radical (unpaired) electrons. The third-order valence-electron chi connectivity index (χ3n) is 2.67. The summed E-state index contributed by atoms with van der Waals surface area (Å²) in [4.78, 5) is 0.123. The highest BCUT2D eigenvalue weighted by molar-refractivity contribution is 7.89. The van der Waals surface area contributed by atoms with Crippen LogP contribution in [0.25, 0.3) is 0 Å². The Hall–Kier alpha value is -1.63. The third-order valence-corrected chi connectivity index (χ3v) is 4.07. The van der Waals surface area contributed by atoms with Crippen LogP contribution >= 0.6 is 0 Å². The second-order valence-electron chi connectivity index (χ2n) is 4.15. The maximum Gasteiger partial charge on any atom is 0.240 e. The van der Waals surface area contributed by atoms with E-state index < -0.39 is 16.1 Å². The van der Waals surface area contributed by atoms with E-state index in [1.165, 1.54) is 18.4 Å². The first-order valence-corrected chi connectivity index (χ1v) is 7.27. The molecule has 102 valence electrons. The zero-order valence-corrected chi connectivity index (χ0v) is 11.2. The van der Waals surface area contributed by atoms with Gasteiger partial charge < -0.3 is 9.52 Å². The lowest BCUT2D eigenvalue weighted by Crippen LogP contribution is -2.23. The lowest BCUT2D eigenvalue weighted by atomic mass is 10.1. The number of hydrogen-bond acceptors (Lipinski definition) is 4. The highest BCUT2D eigenvalue weighted by Gasteiger charge is 2.15. The maximum absolute atomic E-state index is 12.1. The molecule has 1 heterocycles. The quantitative estimate of drug-likeness (QED) is 0.876. The van der Waals surface area contributed by atoms with Gasteiger partial charge in [-0.25, -0.2) is 13.1 Å². The topological polar surface area (TPSA) is 79.5 Å². The van der Waals surface area contributed by atoms with Gasteiger partial charge in [0.25, 0.3) is 0 Å². The summed E-state index contributed by atoms with van der Waals surface area (Å²) in [5, 5.41) is 9.46. The smallest absolute Gasteiger partial charge is 0.240 e. The molecule has 2 N–H and O–H groups in total. The number of hydrogen-bond donors (Lipinski definition) is 2. The van der Waals surface area contributed by atoms with E-state index >= 15 is 0 Å². The van der Waals surface area contributed by atoms with Crippen molar-refractivity contribution in [3.05, 3.63) is 54.0 Å². The summed E-state index contributed by atoms with van der Waals surface area (Å²) in [6, 6.07) is 9.59. The molecule has 0 aliphatic heterocycles. The van der Waals surface area contributed by atoms with Gasteiger partial charge in [-0.3, -0.25) is 0 Å². The summed E-state index contributed by atoms with van der Waals surface area (Å²) in [5.41, 5.74) is 0.556. The van der Waals surface area contributed by atoms with Crippen LogP contribution in [0, 0.1) is 0 Å². The second-order valence-corrected chi connectivity index (χ2v) is 5.92. The molecule has 0 aliphatic rings. The van der Waals surface area contributed by atoms with Crippen molar-refractivity contribution in [2.75, 3.05) is 0 Å². The van der Waals surface area contributed by atoms with Crippen molar-refractivity contribution in [3.8, 4) is 0 Å². The van der Waals surface area contributed by atoms with E-state index in [1.54, 1.807) is 31.2 Å². The zero-order chi connectivity index (χ0) is 13.9. The van der Waals surface area contributed by atoms with Crippen LogP contribution in [0.5, 0.6) is 0 Å². The molecule has 1 aromatic heterocycles. The van der Waals surface area contributed by atoms with Gasteiger partial charge >= 0.3 is 0 Å². The molecular formula is C13H15NO4S. The van der Waals surface area contributed by atoms with Gasteiger partial charge in [0.15, 0.2) is 0 Å². The largest absolute Gasteiger partial charge is 0.468 e. The van der Waals surface area contributed by atoms with E-state index in [2.05, 4.69) is 4.72 Å². The van der Waals surface area contributed by atoms with Gasteiger partial charge in [0.2, 0.25) is 10.0 Å². The monoisotopic (exact) mass is 281 g/mol. The second kappa shape index (κ2) is 5.56. The standard InChI is InChI=1S/C13H15NO4S/c1-10(15)11-4-2-6-13(8-11)19(16,17)14-9-12-5-3-7-18-12/h2-8,10,14-15H,9H2,1H3. The van der Waals surface area contributed by atoms with E-state index in [-0.39, 0.29) is 11.4 Å². The molecule has 1 atom stereocenters. The minimum absolute atomic E-state index is 0.0915. The first kappa shape index (κ1) is 13.8. The molecule has 0 fully saturated rings. The minimum Gasteiger partial charge on any atom is -0.468 e. The summed E-state index contributed by atoms with van der Waals surface area (Å²) >= 11 is 0. The van der Waals surface area contributed by atoms with Crippen LogP contribution in [-0.4, -0.2) is 13.5 Å². The summed E-state index contributed by atoms with van der Waals surface area (Å²) in [7, 11) is -3.61. The number of rotatable bonds is 5. The summed E-state index contributed by atoms with van der Waals surface area (Å²) in [6.45, 7) is 1.68. The summed E-state index contributed by atoms with van der Waals surface area (Å²) in [5.74, 6) is 0.537. The molecule has 1 aromatic carbocycles. The molecule has 0 saturated carbocycles. The SMILES string of the molecule is CC(O)c1cccc(S(=O)(=O)NCc2ccco2)c1. The first-order valence-electron chi connectivity index (χ1n) is 5.79. The molecule has 6 heteroatoms. The maximum atomic E-state index is 12.1. The highest BCUT2D eigenvalue weighted by Crippen LogP contribution is 2.17. The number of sulfonamides is 1. The number of aliphatic hydroxyl groups is 1. The van der Waals surface area contributed by atoms with Crippen LogP contribution in [0.3, 0.4) is 0 Å². The molecule has 0 bridgehead atoms. The van der Waals surface area contributed by atoms with Crippen molar-refractivity contribution in [3.63, 3.8) is 0 Å².